The van der Waals surface area contributed by atoms with Crippen LogP contribution >= 0.6 is 0 Å². The second kappa shape index (κ2) is 6.26. The molecule has 1 fully saturated rings. The quantitative estimate of drug-likeness (QED) is 0.870. The number of carboxylic acids is 1. The molecule has 1 aromatic rings. The van der Waals surface area contributed by atoms with Crippen LogP contribution in [0.1, 0.15) is 47.2 Å². The molecule has 0 aromatic heterocycles. The number of anilines is 1. The monoisotopic (exact) mass is 326 g/mol. The lowest BCUT2D eigenvalue weighted by Gasteiger charge is -2.25. The summed E-state index contributed by atoms with van der Waals surface area (Å²) >= 11 is 0. The summed E-state index contributed by atoms with van der Waals surface area (Å²) in [5.74, 6) is -1.02. The number of hydrogen-bond acceptors (Lipinski definition) is 3. The molecule has 0 unspecified atom stereocenters. The van der Waals surface area contributed by atoms with Crippen molar-refractivity contribution in [1.82, 2.24) is 4.31 Å². The van der Waals surface area contributed by atoms with E-state index in [4.69, 9.17) is 5.11 Å². The Morgan fingerprint density at radius 1 is 1.23 bits per heavy atom. The number of nitrogens with zero attached hydrogens (tertiary/aromatic N) is 1. The Morgan fingerprint density at radius 3 is 2.36 bits per heavy atom. The van der Waals surface area contributed by atoms with Gasteiger partial charge in [0.1, 0.15) is 0 Å². The Hall–Kier alpha value is -1.60. The van der Waals surface area contributed by atoms with Crippen LogP contribution in [0.5, 0.6) is 0 Å². The molecule has 0 heterocycles. The lowest BCUT2D eigenvalue weighted by molar-refractivity contribution is 0.0696. The van der Waals surface area contributed by atoms with Crippen LogP contribution < -0.4 is 4.72 Å². The highest BCUT2D eigenvalue weighted by molar-refractivity contribution is 7.90. The molecule has 22 heavy (non-hydrogen) atoms. The number of benzene rings is 1. The van der Waals surface area contributed by atoms with Crippen LogP contribution in [-0.4, -0.2) is 36.9 Å². The number of hydrogen-bond donors (Lipinski definition) is 2. The minimum atomic E-state index is -3.63. The topological polar surface area (TPSA) is 86.7 Å². The van der Waals surface area contributed by atoms with E-state index in [0.29, 0.717) is 16.8 Å². The van der Waals surface area contributed by atoms with Crippen molar-refractivity contribution >= 4 is 21.9 Å². The summed E-state index contributed by atoms with van der Waals surface area (Å²) in [4.78, 5) is 11.1. The minimum Gasteiger partial charge on any atom is -0.478 e. The summed E-state index contributed by atoms with van der Waals surface area (Å²) in [6, 6.07) is 2.97. The fourth-order valence-corrected chi connectivity index (χ4v) is 4.08. The largest absolute Gasteiger partial charge is 0.478 e. The minimum absolute atomic E-state index is 0.0391. The molecule has 7 heteroatoms. The molecule has 0 radical (unpaired) electrons. The third-order valence-electron chi connectivity index (χ3n) is 4.47. The molecule has 0 spiro atoms. The van der Waals surface area contributed by atoms with Crippen molar-refractivity contribution in [3.05, 3.63) is 28.8 Å². The molecule has 0 atom stereocenters. The van der Waals surface area contributed by atoms with Gasteiger partial charge in [0.05, 0.1) is 11.3 Å². The van der Waals surface area contributed by atoms with Gasteiger partial charge in [0.25, 0.3) is 0 Å². The van der Waals surface area contributed by atoms with Crippen LogP contribution in [0.2, 0.25) is 0 Å². The lowest BCUT2D eigenvalue weighted by Crippen LogP contribution is -2.39. The molecular weight excluding hydrogens is 304 g/mol. The second-order valence-electron chi connectivity index (χ2n) is 5.78. The average Bonchev–Trinajstić information content (AvgIpc) is 2.96. The van der Waals surface area contributed by atoms with Gasteiger partial charge in [0.15, 0.2) is 0 Å². The molecule has 2 rings (SSSR count). The highest BCUT2D eigenvalue weighted by Gasteiger charge is 2.29. The zero-order valence-corrected chi connectivity index (χ0v) is 13.9. The van der Waals surface area contributed by atoms with Gasteiger partial charge in [0, 0.05) is 13.1 Å². The highest BCUT2D eigenvalue weighted by atomic mass is 32.2. The Balaban J connectivity index is 2.26. The van der Waals surface area contributed by atoms with Crippen LogP contribution in [0.3, 0.4) is 0 Å². The van der Waals surface area contributed by atoms with Crippen LogP contribution in [0.15, 0.2) is 12.1 Å². The van der Waals surface area contributed by atoms with E-state index in [1.165, 1.54) is 16.4 Å². The first-order chi connectivity index (χ1) is 10.2. The summed E-state index contributed by atoms with van der Waals surface area (Å²) in [7, 11) is -2.04. The van der Waals surface area contributed by atoms with Crippen LogP contribution in [0.25, 0.3) is 0 Å². The SMILES string of the molecule is Cc1c(NS(=O)(=O)N(C)C2CCCC2)ccc(C(=O)O)c1C. The Labute approximate surface area is 131 Å². The van der Waals surface area contributed by atoms with E-state index in [-0.39, 0.29) is 11.6 Å². The van der Waals surface area contributed by atoms with Gasteiger partial charge >= 0.3 is 16.2 Å². The van der Waals surface area contributed by atoms with Crippen LogP contribution in [-0.2, 0) is 10.2 Å². The summed E-state index contributed by atoms with van der Waals surface area (Å²) in [5.41, 5.74) is 1.80. The summed E-state index contributed by atoms with van der Waals surface area (Å²) in [6.45, 7) is 3.40. The zero-order valence-electron chi connectivity index (χ0n) is 13.1. The third kappa shape index (κ3) is 3.25. The Kier molecular flexibility index (Phi) is 4.77. The second-order valence-corrected chi connectivity index (χ2v) is 7.51. The highest BCUT2D eigenvalue weighted by Crippen LogP contribution is 2.27. The van der Waals surface area contributed by atoms with Crippen molar-refractivity contribution in [1.29, 1.82) is 0 Å². The summed E-state index contributed by atoms with van der Waals surface area (Å²) < 4.78 is 28.9. The molecule has 6 nitrogen and oxygen atoms in total. The molecule has 2 N–H and O–H groups in total. The van der Waals surface area contributed by atoms with Crippen LogP contribution in [0, 0.1) is 13.8 Å². The number of carboxylic acid groups (broad SMARTS) is 1. The van der Waals surface area contributed by atoms with Gasteiger partial charge in [-0.1, -0.05) is 12.8 Å². The lowest BCUT2D eigenvalue weighted by atomic mass is 10.0. The molecule has 1 saturated carbocycles. The molecule has 0 bridgehead atoms. The molecule has 1 aliphatic rings. The fourth-order valence-electron chi connectivity index (χ4n) is 2.84. The van der Waals surface area contributed by atoms with Gasteiger partial charge in [-0.25, -0.2) is 4.79 Å². The first-order valence-corrected chi connectivity index (χ1v) is 8.77. The van der Waals surface area contributed by atoms with E-state index in [0.717, 1.165) is 25.7 Å². The first-order valence-electron chi connectivity index (χ1n) is 7.33. The van der Waals surface area contributed by atoms with Crippen LogP contribution in [0.4, 0.5) is 5.69 Å². The fraction of sp³-hybridized carbons (Fsp3) is 0.533. The molecule has 1 aromatic carbocycles. The van der Waals surface area contributed by atoms with E-state index in [2.05, 4.69) is 4.72 Å². The van der Waals surface area contributed by atoms with E-state index in [9.17, 15) is 13.2 Å². The third-order valence-corrected chi connectivity index (χ3v) is 6.01. The molecule has 0 amide bonds. The van der Waals surface area contributed by atoms with Crippen molar-refractivity contribution in [2.24, 2.45) is 0 Å². The predicted octanol–water partition coefficient (Wildman–Crippen LogP) is 2.53. The molecule has 1 aliphatic carbocycles. The molecule has 0 aliphatic heterocycles. The van der Waals surface area contributed by atoms with Gasteiger partial charge in [-0.05, 0) is 49.9 Å². The number of carbonyl (C=O) groups is 1. The summed E-state index contributed by atoms with van der Waals surface area (Å²) in [6.07, 6.45) is 3.87. The standard InChI is InChI=1S/C15H22N2O4S/c1-10-11(2)14(9-8-13(10)15(18)19)16-22(20,21)17(3)12-6-4-5-7-12/h8-9,12,16H,4-7H2,1-3H3,(H,18,19). The van der Waals surface area contributed by atoms with Gasteiger partial charge < -0.3 is 5.11 Å². The van der Waals surface area contributed by atoms with Gasteiger partial charge in [0.2, 0.25) is 0 Å². The average molecular weight is 326 g/mol. The Bertz CT molecular complexity index is 679. The van der Waals surface area contributed by atoms with Crippen molar-refractivity contribution < 1.29 is 18.3 Å². The molecular formula is C15H22N2O4S. The van der Waals surface area contributed by atoms with E-state index < -0.39 is 16.2 Å². The summed E-state index contributed by atoms with van der Waals surface area (Å²) in [5, 5.41) is 9.10. The maximum absolute atomic E-state index is 12.5. The zero-order chi connectivity index (χ0) is 16.5. The smallest absolute Gasteiger partial charge is 0.335 e. The number of rotatable bonds is 5. The van der Waals surface area contributed by atoms with Crippen molar-refractivity contribution in [3.8, 4) is 0 Å². The van der Waals surface area contributed by atoms with Crippen molar-refractivity contribution in [2.45, 2.75) is 45.6 Å². The van der Waals surface area contributed by atoms with E-state index in [1.807, 2.05) is 0 Å². The van der Waals surface area contributed by atoms with E-state index in [1.54, 1.807) is 20.9 Å². The normalized spacial score (nSPS) is 16.2. The van der Waals surface area contributed by atoms with E-state index >= 15 is 0 Å². The molecule has 0 saturated heterocycles. The maximum Gasteiger partial charge on any atom is 0.335 e. The maximum atomic E-state index is 12.5. The number of nitrogens with one attached hydrogen (secondary N) is 1. The van der Waals surface area contributed by atoms with Gasteiger partial charge in [-0.2, -0.15) is 12.7 Å². The first kappa shape index (κ1) is 16.8. The predicted molar refractivity (Wildman–Crippen MR) is 85.4 cm³/mol. The number of aromatic carboxylic acids is 1. The Morgan fingerprint density at radius 2 is 1.82 bits per heavy atom. The molecule has 122 valence electrons. The van der Waals surface area contributed by atoms with Crippen molar-refractivity contribution in [3.63, 3.8) is 0 Å². The van der Waals surface area contributed by atoms with Gasteiger partial charge in [-0.15, -0.1) is 0 Å². The van der Waals surface area contributed by atoms with Gasteiger partial charge in [-0.3, -0.25) is 4.72 Å². The van der Waals surface area contributed by atoms with Crippen molar-refractivity contribution in [2.75, 3.05) is 11.8 Å².